The maximum atomic E-state index is 10.9. The summed E-state index contributed by atoms with van der Waals surface area (Å²) in [7, 11) is 0. The number of hydrogen-bond donors (Lipinski definition) is 1. The van der Waals surface area contributed by atoms with Crippen LogP contribution in [0, 0.1) is 5.92 Å². The van der Waals surface area contributed by atoms with Crippen molar-refractivity contribution in [1.29, 1.82) is 0 Å². The molecule has 0 bridgehead atoms. The van der Waals surface area contributed by atoms with Gasteiger partial charge >= 0.3 is 98.3 Å². The van der Waals surface area contributed by atoms with Crippen LogP contribution in [0.1, 0.15) is 84.9 Å². The maximum absolute atomic E-state index is 10.9. The monoisotopic (exact) mass is 516 g/mol. The molecule has 0 aliphatic rings. The topological polar surface area (TPSA) is 49.7 Å². The molecule has 5 heteroatoms. The molecule has 0 amide bonds. The van der Waals surface area contributed by atoms with Crippen molar-refractivity contribution < 1.29 is 9.90 Å². The van der Waals surface area contributed by atoms with E-state index in [0.29, 0.717) is 0 Å². The summed E-state index contributed by atoms with van der Waals surface area (Å²) in [5, 5.41) is 10.9. The number of thiophene rings is 1. The SMILES string of the molecule is CC(=NC(C(=O)O)C(C)C)c1cccs1.CCC[CH2][Sn]([CH2]CCC)[CH2]CCC. The molecule has 28 heavy (non-hydrogen) atoms. The molecule has 0 aliphatic heterocycles. The van der Waals surface area contributed by atoms with E-state index in [2.05, 4.69) is 25.8 Å². The van der Waals surface area contributed by atoms with E-state index in [1.165, 1.54) is 38.5 Å². The van der Waals surface area contributed by atoms with E-state index < -0.39 is 31.8 Å². The molecule has 0 saturated heterocycles. The summed E-state index contributed by atoms with van der Waals surface area (Å²) in [5.41, 5.74) is 0.797. The van der Waals surface area contributed by atoms with E-state index >= 15 is 0 Å². The van der Waals surface area contributed by atoms with Crippen molar-refractivity contribution in [2.75, 3.05) is 0 Å². The van der Waals surface area contributed by atoms with E-state index in [0.717, 1.165) is 10.6 Å². The van der Waals surface area contributed by atoms with Crippen LogP contribution < -0.4 is 0 Å². The Labute approximate surface area is 184 Å². The summed E-state index contributed by atoms with van der Waals surface area (Å²) >= 11 is 0.733. The summed E-state index contributed by atoms with van der Waals surface area (Å²) in [6.45, 7) is 12.6. The molecule has 0 fully saturated rings. The average molecular weight is 515 g/mol. The Balaban J connectivity index is 0.000000528. The molecule has 1 heterocycles. The van der Waals surface area contributed by atoms with Crippen molar-refractivity contribution in [2.24, 2.45) is 10.9 Å². The zero-order valence-corrected chi connectivity index (χ0v) is 22.6. The minimum absolute atomic E-state index is 0.0115. The first-order valence-corrected chi connectivity index (χ1v) is 17.9. The molecule has 161 valence electrons. The third-order valence-corrected chi connectivity index (χ3v) is 14.8. The molecule has 1 unspecified atom stereocenters. The van der Waals surface area contributed by atoms with Crippen molar-refractivity contribution in [3.8, 4) is 0 Å². The van der Waals surface area contributed by atoms with Gasteiger partial charge in [0.2, 0.25) is 0 Å². The second kappa shape index (κ2) is 17.5. The number of unbranched alkanes of at least 4 members (excludes halogenated alkanes) is 3. The van der Waals surface area contributed by atoms with Crippen LogP contribution in [0.15, 0.2) is 22.5 Å². The van der Waals surface area contributed by atoms with Gasteiger partial charge in [-0.3, -0.25) is 4.99 Å². The normalized spacial score (nSPS) is 12.8. The summed E-state index contributed by atoms with van der Waals surface area (Å²) in [6, 6.07) is 3.24. The zero-order valence-electron chi connectivity index (χ0n) is 19.0. The molecule has 0 saturated carbocycles. The van der Waals surface area contributed by atoms with Crippen LogP contribution in [0.2, 0.25) is 13.3 Å². The van der Waals surface area contributed by atoms with Crippen LogP contribution in [0.25, 0.3) is 0 Å². The number of rotatable bonds is 13. The summed E-state index contributed by atoms with van der Waals surface area (Å²) in [5.74, 6) is -0.849. The van der Waals surface area contributed by atoms with Crippen LogP contribution in [-0.4, -0.2) is 42.6 Å². The van der Waals surface area contributed by atoms with Gasteiger partial charge in [-0.25, -0.2) is 4.79 Å². The molecule has 1 aromatic heterocycles. The number of carboxylic acid groups (broad SMARTS) is 1. The van der Waals surface area contributed by atoms with Gasteiger partial charge in [-0.15, -0.1) is 11.3 Å². The zero-order chi connectivity index (χ0) is 21.4. The van der Waals surface area contributed by atoms with Crippen LogP contribution in [-0.2, 0) is 4.79 Å². The van der Waals surface area contributed by atoms with Gasteiger partial charge in [0.15, 0.2) is 0 Å². The third kappa shape index (κ3) is 13.0. The van der Waals surface area contributed by atoms with Crippen LogP contribution in [0.3, 0.4) is 0 Å². The second-order valence-corrected chi connectivity index (χ2v) is 17.3. The fourth-order valence-electron chi connectivity index (χ4n) is 2.90. The van der Waals surface area contributed by atoms with Gasteiger partial charge in [-0.1, -0.05) is 19.9 Å². The summed E-state index contributed by atoms with van der Waals surface area (Å²) in [4.78, 5) is 16.2. The van der Waals surface area contributed by atoms with Gasteiger partial charge in [0, 0.05) is 10.6 Å². The van der Waals surface area contributed by atoms with E-state index in [4.69, 9.17) is 5.11 Å². The molecule has 0 spiro atoms. The first-order valence-electron chi connectivity index (χ1n) is 11.0. The molecule has 1 aromatic rings. The van der Waals surface area contributed by atoms with Crippen molar-refractivity contribution in [3.63, 3.8) is 0 Å². The van der Waals surface area contributed by atoms with Gasteiger partial charge in [0.1, 0.15) is 6.04 Å². The molecule has 0 aromatic carbocycles. The van der Waals surface area contributed by atoms with Crippen molar-refractivity contribution in [2.45, 2.75) is 99.4 Å². The number of aliphatic imine (C=N–C) groups is 1. The number of carboxylic acids is 1. The molecule has 1 rings (SSSR count). The van der Waals surface area contributed by atoms with Gasteiger partial charge in [-0.2, -0.15) is 0 Å². The number of carbonyl (C=O) groups is 1. The summed E-state index contributed by atoms with van der Waals surface area (Å²) in [6.07, 6.45) is 8.85. The molecule has 1 radical (unpaired) electrons. The van der Waals surface area contributed by atoms with Crippen molar-refractivity contribution >= 4 is 42.8 Å². The first kappa shape index (κ1) is 27.6. The Hall–Kier alpha value is -0.361. The van der Waals surface area contributed by atoms with Crippen molar-refractivity contribution in [1.82, 2.24) is 0 Å². The quantitative estimate of drug-likeness (QED) is 0.218. The molecule has 1 N–H and O–H groups in total. The molecular formula is C23H42NO2SSn. The fraction of sp³-hybridized carbons (Fsp3) is 0.739. The molecular weight excluding hydrogens is 473 g/mol. The Morgan fingerprint density at radius 3 is 1.89 bits per heavy atom. The van der Waals surface area contributed by atoms with E-state index in [9.17, 15) is 4.79 Å². The fourth-order valence-corrected chi connectivity index (χ4v) is 13.0. The third-order valence-electron chi connectivity index (χ3n) is 4.75. The predicted molar refractivity (Wildman–Crippen MR) is 128 cm³/mol. The van der Waals surface area contributed by atoms with E-state index in [1.54, 1.807) is 24.6 Å². The second-order valence-electron chi connectivity index (χ2n) is 7.78. The van der Waals surface area contributed by atoms with Crippen LogP contribution >= 0.6 is 11.3 Å². The van der Waals surface area contributed by atoms with Gasteiger partial charge in [-0.05, 0) is 24.3 Å². The minimum atomic E-state index is -0.860. The molecule has 0 aliphatic carbocycles. The number of aliphatic carboxylic acids is 1. The summed E-state index contributed by atoms with van der Waals surface area (Å²) < 4.78 is 5.04. The Kier molecular flexibility index (Phi) is 17.3. The van der Waals surface area contributed by atoms with Gasteiger partial charge in [0.25, 0.3) is 0 Å². The van der Waals surface area contributed by atoms with E-state index in [-0.39, 0.29) is 5.92 Å². The van der Waals surface area contributed by atoms with Gasteiger partial charge in [0.05, 0.1) is 0 Å². The standard InChI is InChI=1S/C11H15NO2S.3C4H9.Sn/c1-7(2)10(11(13)14)12-8(3)9-5-4-6-15-9;3*1-3-4-2;/h4-7,10H,1-3H3,(H,13,14);3*1,3-4H2,2H3;. The van der Waals surface area contributed by atoms with Crippen molar-refractivity contribution in [3.05, 3.63) is 22.4 Å². The van der Waals surface area contributed by atoms with Crippen LogP contribution in [0.4, 0.5) is 0 Å². The van der Waals surface area contributed by atoms with E-state index in [1.807, 2.05) is 38.3 Å². The molecule has 1 atom stereocenters. The predicted octanol–water partition coefficient (Wildman–Crippen LogP) is 7.55. The first-order chi connectivity index (χ1) is 13.4. The average Bonchev–Trinajstić information content (AvgIpc) is 3.20. The number of nitrogens with zero attached hydrogens (tertiary/aromatic N) is 1. The Morgan fingerprint density at radius 2 is 1.57 bits per heavy atom. The van der Waals surface area contributed by atoms with Gasteiger partial charge < -0.3 is 5.11 Å². The number of hydrogen-bond acceptors (Lipinski definition) is 3. The molecule has 3 nitrogen and oxygen atoms in total. The Morgan fingerprint density at radius 1 is 1.07 bits per heavy atom. The Bertz CT molecular complexity index is 510. The van der Waals surface area contributed by atoms with Crippen LogP contribution in [0.5, 0.6) is 0 Å².